The van der Waals surface area contributed by atoms with Crippen molar-refractivity contribution in [3.63, 3.8) is 0 Å². The number of nitrogens with zero attached hydrogens (tertiary/aromatic N) is 4. The molecule has 28 heavy (non-hydrogen) atoms. The van der Waals surface area contributed by atoms with E-state index in [0.29, 0.717) is 35.6 Å². The van der Waals surface area contributed by atoms with Crippen LogP contribution in [0.15, 0.2) is 35.5 Å². The highest BCUT2D eigenvalue weighted by Crippen LogP contribution is 2.36. The molecule has 3 atom stereocenters. The van der Waals surface area contributed by atoms with Crippen LogP contribution in [0.4, 0.5) is 15.9 Å². The Labute approximate surface area is 164 Å². The topological polar surface area (TPSA) is 88.5 Å². The molecule has 1 aliphatic rings. The number of benzene rings is 1. The van der Waals surface area contributed by atoms with E-state index >= 15 is 0 Å². The van der Waals surface area contributed by atoms with E-state index in [1.165, 1.54) is 12.1 Å². The summed E-state index contributed by atoms with van der Waals surface area (Å²) in [6.07, 6.45) is 4.71. The van der Waals surface area contributed by atoms with Crippen LogP contribution in [0.1, 0.15) is 35.7 Å². The van der Waals surface area contributed by atoms with Crippen LogP contribution in [0.5, 0.6) is 0 Å². The molecule has 0 radical (unpaired) electrons. The number of anilines is 2. The predicted octanol–water partition coefficient (Wildman–Crippen LogP) is 2.84. The molecular formula is C20H27FN6O. The smallest absolute Gasteiger partial charge is 0.254 e. The first-order valence-electron chi connectivity index (χ1n) is 9.39. The largest absolute Gasteiger partial charge is 0.365 e. The molecule has 1 saturated carbocycles. The molecule has 3 unspecified atom stereocenters. The Morgan fingerprint density at radius 3 is 2.71 bits per heavy atom. The molecule has 0 aliphatic heterocycles. The molecule has 1 fully saturated rings. The van der Waals surface area contributed by atoms with Crippen molar-refractivity contribution in [2.45, 2.75) is 31.3 Å². The number of halogens is 1. The highest BCUT2D eigenvalue weighted by molar-refractivity contribution is 5.98. The summed E-state index contributed by atoms with van der Waals surface area (Å²) in [4.78, 5) is 18.3. The summed E-state index contributed by atoms with van der Waals surface area (Å²) in [7, 11) is 4.15. The third-order valence-corrected chi connectivity index (χ3v) is 5.47. The van der Waals surface area contributed by atoms with Crippen molar-refractivity contribution < 1.29 is 9.18 Å². The summed E-state index contributed by atoms with van der Waals surface area (Å²) >= 11 is 0. The van der Waals surface area contributed by atoms with Crippen molar-refractivity contribution in [2.24, 2.45) is 16.6 Å². The molecule has 3 rings (SSSR count). The van der Waals surface area contributed by atoms with Crippen LogP contribution in [0.2, 0.25) is 0 Å². The first kappa shape index (κ1) is 20.0. The quantitative estimate of drug-likeness (QED) is 0.716. The van der Waals surface area contributed by atoms with Crippen LogP contribution in [0.3, 0.4) is 0 Å². The highest BCUT2D eigenvalue weighted by Gasteiger charge is 2.33. The van der Waals surface area contributed by atoms with Crippen LogP contribution in [-0.2, 0) is 0 Å². The minimum Gasteiger partial charge on any atom is -0.365 e. The predicted molar refractivity (Wildman–Crippen MR) is 109 cm³/mol. The maximum atomic E-state index is 13.2. The molecule has 1 aromatic carbocycles. The molecule has 0 bridgehead atoms. The Hall–Kier alpha value is -2.74. The molecule has 150 valence electrons. The SMILES string of the molecule is C=NCC1CCC(N(C)C)CC1n1cc(C(N)=O)c(Nc2ccc(F)cc2)n1. The Morgan fingerprint density at radius 2 is 2.11 bits per heavy atom. The van der Waals surface area contributed by atoms with Gasteiger partial charge in [-0.05, 0) is 64.3 Å². The summed E-state index contributed by atoms with van der Waals surface area (Å²) < 4.78 is 15.0. The second-order valence-corrected chi connectivity index (χ2v) is 7.53. The summed E-state index contributed by atoms with van der Waals surface area (Å²) in [6, 6.07) is 6.39. The van der Waals surface area contributed by atoms with E-state index in [2.05, 4.69) is 41.1 Å². The molecule has 7 nitrogen and oxygen atoms in total. The lowest BCUT2D eigenvalue weighted by atomic mass is 9.81. The molecule has 1 amide bonds. The van der Waals surface area contributed by atoms with Crippen molar-refractivity contribution >= 4 is 24.1 Å². The van der Waals surface area contributed by atoms with Crippen molar-refractivity contribution in [1.82, 2.24) is 14.7 Å². The number of nitrogens with two attached hydrogens (primary N) is 1. The lowest BCUT2D eigenvalue weighted by Gasteiger charge is -2.38. The van der Waals surface area contributed by atoms with Crippen molar-refractivity contribution in [3.8, 4) is 0 Å². The van der Waals surface area contributed by atoms with E-state index in [1.807, 2.05) is 4.68 Å². The van der Waals surface area contributed by atoms with Gasteiger partial charge in [0, 0.05) is 30.4 Å². The third-order valence-electron chi connectivity index (χ3n) is 5.47. The summed E-state index contributed by atoms with van der Waals surface area (Å²) in [5.74, 6) is -0.221. The molecule has 2 aromatic rings. The maximum absolute atomic E-state index is 13.2. The Balaban J connectivity index is 1.92. The molecule has 0 saturated heterocycles. The zero-order valence-electron chi connectivity index (χ0n) is 16.3. The normalized spacial score (nSPS) is 22.2. The second kappa shape index (κ2) is 8.52. The zero-order chi connectivity index (χ0) is 20.3. The van der Waals surface area contributed by atoms with E-state index < -0.39 is 5.91 Å². The van der Waals surface area contributed by atoms with Gasteiger partial charge in [-0.3, -0.25) is 9.48 Å². The van der Waals surface area contributed by atoms with Crippen LogP contribution in [0, 0.1) is 11.7 Å². The van der Waals surface area contributed by atoms with E-state index in [9.17, 15) is 9.18 Å². The Bertz CT molecular complexity index is 832. The number of hydrogen-bond donors (Lipinski definition) is 2. The lowest BCUT2D eigenvalue weighted by molar-refractivity contribution is 0.1000. The lowest BCUT2D eigenvalue weighted by Crippen LogP contribution is -2.39. The van der Waals surface area contributed by atoms with Gasteiger partial charge in [-0.1, -0.05) is 0 Å². The summed E-state index contributed by atoms with van der Waals surface area (Å²) in [5, 5.41) is 7.71. The minimum absolute atomic E-state index is 0.0912. The minimum atomic E-state index is -0.561. The van der Waals surface area contributed by atoms with Gasteiger partial charge in [0.25, 0.3) is 5.91 Å². The van der Waals surface area contributed by atoms with Gasteiger partial charge in [0.05, 0.1) is 6.04 Å². The van der Waals surface area contributed by atoms with E-state index in [4.69, 9.17) is 5.73 Å². The molecule has 3 N–H and O–H groups in total. The molecule has 1 aromatic heterocycles. The van der Waals surface area contributed by atoms with Gasteiger partial charge in [0.1, 0.15) is 11.4 Å². The monoisotopic (exact) mass is 386 g/mol. The number of rotatable bonds is 7. The number of amides is 1. The number of nitrogens with one attached hydrogen (secondary N) is 1. The molecular weight excluding hydrogens is 359 g/mol. The molecule has 1 aliphatic carbocycles. The average Bonchev–Trinajstić information content (AvgIpc) is 3.08. The number of aliphatic imine (C=N–C) groups is 1. The molecule has 8 heteroatoms. The Morgan fingerprint density at radius 1 is 1.39 bits per heavy atom. The average molecular weight is 386 g/mol. The van der Waals surface area contributed by atoms with Gasteiger partial charge in [-0.2, -0.15) is 5.10 Å². The van der Waals surface area contributed by atoms with Gasteiger partial charge < -0.3 is 20.9 Å². The number of primary amides is 1. The van der Waals surface area contributed by atoms with Crippen LogP contribution < -0.4 is 11.1 Å². The fourth-order valence-electron chi connectivity index (χ4n) is 3.86. The van der Waals surface area contributed by atoms with Crippen molar-refractivity contribution in [2.75, 3.05) is 26.0 Å². The van der Waals surface area contributed by atoms with E-state index in [1.54, 1.807) is 18.3 Å². The third kappa shape index (κ3) is 4.39. The molecule has 1 heterocycles. The molecule has 0 spiro atoms. The van der Waals surface area contributed by atoms with Gasteiger partial charge in [-0.15, -0.1) is 0 Å². The summed E-state index contributed by atoms with van der Waals surface area (Å²) in [5.41, 5.74) is 6.51. The number of aromatic nitrogens is 2. The Kier molecular flexibility index (Phi) is 6.08. The summed E-state index contributed by atoms with van der Waals surface area (Å²) in [6.45, 7) is 4.29. The number of carbonyl (C=O) groups excluding carboxylic acids is 1. The van der Waals surface area contributed by atoms with Crippen LogP contribution in [-0.4, -0.2) is 54.0 Å². The maximum Gasteiger partial charge on any atom is 0.254 e. The van der Waals surface area contributed by atoms with E-state index in [0.717, 1.165) is 19.3 Å². The van der Waals surface area contributed by atoms with Crippen molar-refractivity contribution in [3.05, 3.63) is 41.8 Å². The van der Waals surface area contributed by atoms with Gasteiger partial charge in [-0.25, -0.2) is 4.39 Å². The zero-order valence-corrected chi connectivity index (χ0v) is 16.3. The standard InChI is InChI=1S/C20H27FN6O/c1-23-11-13-4-9-16(26(2)3)10-18(13)27-12-17(19(22)28)20(25-27)24-15-7-5-14(21)6-8-15/h5-8,12-13,16,18H,1,4,9-11H2,2-3H3,(H2,22,28)(H,24,25). The van der Waals surface area contributed by atoms with E-state index in [-0.39, 0.29) is 11.9 Å². The fraction of sp³-hybridized carbons (Fsp3) is 0.450. The van der Waals surface area contributed by atoms with Crippen LogP contribution in [0.25, 0.3) is 0 Å². The second-order valence-electron chi connectivity index (χ2n) is 7.53. The first-order valence-corrected chi connectivity index (χ1v) is 9.39. The fourth-order valence-corrected chi connectivity index (χ4v) is 3.86. The van der Waals surface area contributed by atoms with Gasteiger partial charge in [0.2, 0.25) is 0 Å². The van der Waals surface area contributed by atoms with Gasteiger partial charge >= 0.3 is 0 Å². The first-order chi connectivity index (χ1) is 13.4. The number of hydrogen-bond acceptors (Lipinski definition) is 5. The van der Waals surface area contributed by atoms with Crippen molar-refractivity contribution in [1.29, 1.82) is 0 Å². The number of carbonyl (C=O) groups is 1. The van der Waals surface area contributed by atoms with Crippen LogP contribution >= 0.6 is 0 Å². The highest BCUT2D eigenvalue weighted by atomic mass is 19.1. The van der Waals surface area contributed by atoms with Gasteiger partial charge in [0.15, 0.2) is 5.82 Å².